The first-order valence-corrected chi connectivity index (χ1v) is 8.89. The zero-order valence-electron chi connectivity index (χ0n) is 14.5. The third-order valence-corrected chi connectivity index (χ3v) is 3.42. The fourth-order valence-electron chi connectivity index (χ4n) is 2.20. The zero-order chi connectivity index (χ0) is 20.0. The molecule has 0 aliphatic carbocycles. The molecule has 0 aliphatic rings. The van der Waals surface area contributed by atoms with Gasteiger partial charge >= 0.3 is 11.4 Å². The molecule has 0 amide bonds. The maximum absolute atomic E-state index is 12.0. The summed E-state index contributed by atoms with van der Waals surface area (Å²) in [4.78, 5) is 16.8. The van der Waals surface area contributed by atoms with Gasteiger partial charge in [0, 0.05) is 19.8 Å². The molecule has 1 N–H and O–H groups in total. The van der Waals surface area contributed by atoms with E-state index in [1.165, 1.54) is 0 Å². The topological polar surface area (TPSA) is 140 Å². The SMILES string of the molecule is CN(C)c1ccc(C=Cc2[nH+]c(=O)c3ccccc3o2)cc1.[O-][Cl+3]([O-])([O-])[O-]. The van der Waals surface area contributed by atoms with E-state index in [1.807, 2.05) is 61.5 Å². The summed E-state index contributed by atoms with van der Waals surface area (Å²) in [5.74, 6) is 0.431. The number of benzene rings is 2. The van der Waals surface area contributed by atoms with E-state index in [1.54, 1.807) is 18.2 Å². The lowest BCUT2D eigenvalue weighted by Gasteiger charge is -2.17. The summed E-state index contributed by atoms with van der Waals surface area (Å²) in [5, 5.41) is 0.551. The number of anilines is 1. The summed E-state index contributed by atoms with van der Waals surface area (Å²) in [6.45, 7) is 0. The molecule has 0 fully saturated rings. The fourth-order valence-corrected chi connectivity index (χ4v) is 2.20. The number of halogens is 1. The molecule has 0 saturated carbocycles. The number of aromatic amines is 1. The van der Waals surface area contributed by atoms with Gasteiger partial charge in [-0.05, 0) is 35.9 Å². The van der Waals surface area contributed by atoms with Crippen LogP contribution >= 0.6 is 0 Å². The normalized spacial score (nSPS) is 11.3. The van der Waals surface area contributed by atoms with Crippen LogP contribution in [0.1, 0.15) is 11.5 Å². The lowest BCUT2D eigenvalue weighted by Crippen LogP contribution is -2.68. The molecule has 0 aliphatic heterocycles. The maximum atomic E-state index is 12.0. The van der Waals surface area contributed by atoms with Gasteiger partial charge in [0.25, 0.3) is 0 Å². The van der Waals surface area contributed by atoms with E-state index in [-0.39, 0.29) is 5.56 Å². The Morgan fingerprint density at radius 3 is 2.15 bits per heavy atom. The van der Waals surface area contributed by atoms with Crippen molar-refractivity contribution in [1.82, 2.24) is 0 Å². The summed E-state index contributed by atoms with van der Waals surface area (Å²) >= 11 is 0. The Balaban J connectivity index is 0.000000465. The van der Waals surface area contributed by atoms with Crippen molar-refractivity contribution < 1.29 is 38.3 Å². The van der Waals surface area contributed by atoms with Gasteiger partial charge in [-0.25, -0.2) is 23.4 Å². The Bertz CT molecular complexity index is 972. The Hall–Kier alpha value is -2.75. The largest absolute Gasteiger partial charge is 0.424 e. The van der Waals surface area contributed by atoms with Crippen molar-refractivity contribution in [2.24, 2.45) is 0 Å². The van der Waals surface area contributed by atoms with Gasteiger partial charge in [-0.15, -0.1) is 15.2 Å². The van der Waals surface area contributed by atoms with Crippen LogP contribution in [0, 0.1) is 10.2 Å². The Labute approximate surface area is 157 Å². The van der Waals surface area contributed by atoms with Gasteiger partial charge in [-0.3, -0.25) is 0 Å². The second-order valence-corrected chi connectivity index (χ2v) is 6.37. The van der Waals surface area contributed by atoms with E-state index in [9.17, 15) is 4.79 Å². The van der Waals surface area contributed by atoms with E-state index < -0.39 is 10.2 Å². The average Bonchev–Trinajstić information content (AvgIpc) is 2.59. The van der Waals surface area contributed by atoms with Crippen molar-refractivity contribution >= 4 is 28.8 Å². The van der Waals surface area contributed by atoms with Crippen LogP contribution in [0.25, 0.3) is 23.1 Å². The van der Waals surface area contributed by atoms with Crippen molar-refractivity contribution in [3.05, 3.63) is 70.3 Å². The summed E-state index contributed by atoms with van der Waals surface area (Å²) in [5.41, 5.74) is 2.61. The van der Waals surface area contributed by atoms with Crippen LogP contribution in [0.3, 0.4) is 0 Å². The third kappa shape index (κ3) is 6.81. The van der Waals surface area contributed by atoms with Gasteiger partial charge in [-0.1, -0.05) is 24.3 Å². The second-order valence-electron chi connectivity index (χ2n) is 5.61. The zero-order valence-corrected chi connectivity index (χ0v) is 15.3. The lowest BCUT2D eigenvalue weighted by molar-refractivity contribution is -2.00. The quantitative estimate of drug-likeness (QED) is 0.506. The van der Waals surface area contributed by atoms with Crippen LogP contribution in [-0.2, 0) is 0 Å². The standard InChI is InChI=1S/C18H16N2O2.ClHO4/c1-20(2)14-10-7-13(8-11-14)9-12-17-19-18(21)15-5-3-4-6-16(15)22-17;2-1(3,4)5/h3-12H,1-2H3;(H,2,3,4,5). The number of rotatable bonds is 3. The summed E-state index contributed by atoms with van der Waals surface area (Å²) in [6, 6.07) is 15.3. The molecule has 1 heterocycles. The highest BCUT2D eigenvalue weighted by Gasteiger charge is 2.09. The number of para-hydroxylation sites is 1. The van der Waals surface area contributed by atoms with Crippen LogP contribution in [0.5, 0.6) is 0 Å². The maximum Gasteiger partial charge on any atom is 0.424 e. The predicted octanol–water partition coefficient (Wildman–Crippen LogP) is -1.91. The Morgan fingerprint density at radius 2 is 1.56 bits per heavy atom. The summed E-state index contributed by atoms with van der Waals surface area (Å²) in [6.07, 6.45) is 3.67. The first-order valence-electron chi connectivity index (χ1n) is 7.66. The van der Waals surface area contributed by atoms with Gasteiger partial charge < -0.3 is 9.32 Å². The van der Waals surface area contributed by atoms with Crippen LogP contribution in [0.2, 0.25) is 0 Å². The van der Waals surface area contributed by atoms with Gasteiger partial charge in [0.1, 0.15) is 5.39 Å². The second kappa shape index (κ2) is 8.76. The molecule has 0 saturated heterocycles. The van der Waals surface area contributed by atoms with Crippen molar-refractivity contribution in [1.29, 1.82) is 0 Å². The average molecular weight is 393 g/mol. The third-order valence-electron chi connectivity index (χ3n) is 3.42. The van der Waals surface area contributed by atoms with Crippen LogP contribution in [0.4, 0.5) is 5.69 Å². The van der Waals surface area contributed by atoms with E-state index >= 15 is 0 Å². The minimum absolute atomic E-state index is 0.149. The van der Waals surface area contributed by atoms with E-state index in [0.29, 0.717) is 16.9 Å². The van der Waals surface area contributed by atoms with Crippen LogP contribution < -0.4 is 34.1 Å². The van der Waals surface area contributed by atoms with Crippen molar-refractivity contribution in [3.63, 3.8) is 0 Å². The van der Waals surface area contributed by atoms with Gasteiger partial charge in [0.05, 0.1) is 6.08 Å². The van der Waals surface area contributed by atoms with E-state index in [0.717, 1.165) is 11.3 Å². The van der Waals surface area contributed by atoms with Gasteiger partial charge in [-0.2, -0.15) is 0 Å². The predicted molar refractivity (Wildman–Crippen MR) is 88.7 cm³/mol. The van der Waals surface area contributed by atoms with Gasteiger partial charge in [0.2, 0.25) is 0 Å². The minimum Gasteiger partial charge on any atom is -0.404 e. The first kappa shape index (κ1) is 20.6. The highest BCUT2D eigenvalue weighted by molar-refractivity contribution is 5.75. The van der Waals surface area contributed by atoms with Crippen molar-refractivity contribution in [2.45, 2.75) is 0 Å². The number of aromatic nitrogens is 1. The molecule has 0 unspecified atom stereocenters. The molecular weight excluding hydrogens is 376 g/mol. The van der Waals surface area contributed by atoms with Crippen molar-refractivity contribution in [2.75, 3.05) is 19.0 Å². The molecule has 1 aromatic heterocycles. The highest BCUT2D eigenvalue weighted by Crippen LogP contribution is 2.14. The molecule has 8 nitrogen and oxygen atoms in total. The molecule has 0 bridgehead atoms. The molecule has 0 spiro atoms. The fraction of sp³-hybridized carbons (Fsp3) is 0.111. The molecule has 2 aromatic carbocycles. The molecule has 3 aromatic rings. The molecule has 27 heavy (non-hydrogen) atoms. The minimum atomic E-state index is -4.94. The van der Waals surface area contributed by atoms with Crippen molar-refractivity contribution in [3.8, 4) is 0 Å². The lowest BCUT2D eigenvalue weighted by atomic mass is 10.2. The van der Waals surface area contributed by atoms with E-state index in [4.69, 9.17) is 23.1 Å². The van der Waals surface area contributed by atoms with Crippen LogP contribution in [0.15, 0.2) is 57.7 Å². The number of H-pyrrole nitrogens is 1. The molecular formula is C18H17ClN2O6. The smallest absolute Gasteiger partial charge is 0.404 e. The number of fused-ring (bicyclic) bond motifs is 1. The number of hydrogen-bond donors (Lipinski definition) is 0. The Morgan fingerprint density at radius 1 is 0.963 bits per heavy atom. The Kier molecular flexibility index (Phi) is 6.67. The molecule has 3 rings (SSSR count). The number of hydrogen-bond acceptors (Lipinski definition) is 7. The van der Waals surface area contributed by atoms with E-state index in [2.05, 4.69) is 4.98 Å². The molecule has 0 atom stereocenters. The molecule has 9 heteroatoms. The van der Waals surface area contributed by atoms with Gasteiger partial charge in [0.15, 0.2) is 5.58 Å². The summed E-state index contributed by atoms with van der Waals surface area (Å²) < 4.78 is 39.6. The monoisotopic (exact) mass is 392 g/mol. The highest BCUT2D eigenvalue weighted by atomic mass is 35.7. The summed E-state index contributed by atoms with van der Waals surface area (Å²) in [7, 11) is -0.937. The number of nitrogens with one attached hydrogen (secondary N) is 1. The molecule has 0 radical (unpaired) electrons. The number of nitrogens with zero attached hydrogens (tertiary/aromatic N) is 1. The molecule has 142 valence electrons. The first-order chi connectivity index (χ1) is 12.6. The van der Waals surface area contributed by atoms with Crippen LogP contribution in [-0.4, -0.2) is 14.1 Å².